The van der Waals surface area contributed by atoms with Crippen LogP contribution in [-0.2, 0) is 11.3 Å². The lowest BCUT2D eigenvalue weighted by Crippen LogP contribution is -2.36. The van der Waals surface area contributed by atoms with E-state index in [4.69, 9.17) is 5.11 Å². The maximum absolute atomic E-state index is 11.8. The molecule has 0 spiro atoms. The topological polar surface area (TPSA) is 90.7 Å². The van der Waals surface area contributed by atoms with Gasteiger partial charge in [0.1, 0.15) is 6.54 Å². The monoisotopic (exact) mass is 269 g/mol. The number of carboxylic acids is 1. The molecule has 1 heterocycles. The van der Waals surface area contributed by atoms with Gasteiger partial charge in [-0.15, -0.1) is 0 Å². The largest absolute Gasteiger partial charge is 0.480 e. The molecule has 0 saturated carbocycles. The molecule has 1 aromatic heterocycles. The Morgan fingerprint density at radius 2 is 2.05 bits per heavy atom. The van der Waals surface area contributed by atoms with Gasteiger partial charge in [-0.3, -0.25) is 9.48 Å². The van der Waals surface area contributed by atoms with Gasteiger partial charge in [-0.2, -0.15) is 5.10 Å². The highest BCUT2D eigenvalue weighted by Gasteiger charge is 2.10. The predicted octanol–water partition coefficient (Wildman–Crippen LogP) is -0.00700. The highest BCUT2D eigenvalue weighted by molar-refractivity contribution is 5.88. The lowest BCUT2D eigenvalue weighted by molar-refractivity contribution is -0.137. The number of aromatic nitrogens is 2. The van der Waals surface area contributed by atoms with E-state index in [0.29, 0.717) is 12.2 Å². The zero-order chi connectivity index (χ0) is 14.4. The zero-order valence-corrected chi connectivity index (χ0v) is 11.3. The number of anilines is 1. The second-order valence-electron chi connectivity index (χ2n) is 4.48. The number of nitrogens with one attached hydrogen (secondary N) is 1. The van der Waals surface area contributed by atoms with Crippen LogP contribution in [0.5, 0.6) is 0 Å². The van der Waals surface area contributed by atoms with Crippen molar-refractivity contribution in [2.75, 3.05) is 39.5 Å². The maximum atomic E-state index is 11.8. The zero-order valence-electron chi connectivity index (χ0n) is 11.3. The molecule has 0 saturated heterocycles. The number of hydrogen-bond donors (Lipinski definition) is 2. The number of amides is 2. The normalized spacial score (nSPS) is 10.5. The summed E-state index contributed by atoms with van der Waals surface area (Å²) in [5, 5.41) is 15.1. The molecule has 8 nitrogen and oxygen atoms in total. The van der Waals surface area contributed by atoms with Crippen molar-refractivity contribution in [3.05, 3.63) is 12.4 Å². The molecular weight excluding hydrogens is 250 g/mol. The molecule has 0 fully saturated rings. The minimum absolute atomic E-state index is 0.230. The average molecular weight is 269 g/mol. The molecule has 0 aliphatic carbocycles. The Morgan fingerprint density at radius 1 is 1.37 bits per heavy atom. The van der Waals surface area contributed by atoms with Crippen LogP contribution in [0.2, 0.25) is 0 Å². The summed E-state index contributed by atoms with van der Waals surface area (Å²) in [6, 6.07) is -0.253. The number of aliphatic carboxylic acids is 1. The van der Waals surface area contributed by atoms with Crippen LogP contribution < -0.4 is 5.32 Å². The van der Waals surface area contributed by atoms with Crippen molar-refractivity contribution in [2.45, 2.75) is 6.54 Å². The molecule has 1 aromatic rings. The van der Waals surface area contributed by atoms with Crippen molar-refractivity contribution in [2.24, 2.45) is 0 Å². The number of rotatable bonds is 6. The van der Waals surface area contributed by atoms with E-state index in [1.807, 2.05) is 19.0 Å². The molecule has 0 atom stereocenters. The fraction of sp³-hybridized carbons (Fsp3) is 0.545. The molecule has 106 valence electrons. The third kappa shape index (κ3) is 5.38. The molecule has 2 amide bonds. The van der Waals surface area contributed by atoms with Crippen LogP contribution in [0.3, 0.4) is 0 Å². The fourth-order valence-corrected chi connectivity index (χ4v) is 1.32. The van der Waals surface area contributed by atoms with E-state index in [1.54, 1.807) is 11.9 Å². The Balaban J connectivity index is 2.47. The van der Waals surface area contributed by atoms with Gasteiger partial charge in [-0.1, -0.05) is 0 Å². The van der Waals surface area contributed by atoms with Crippen molar-refractivity contribution in [1.29, 1.82) is 0 Å². The van der Waals surface area contributed by atoms with Gasteiger partial charge in [-0.25, -0.2) is 4.79 Å². The third-order valence-corrected chi connectivity index (χ3v) is 2.41. The van der Waals surface area contributed by atoms with E-state index in [-0.39, 0.29) is 12.6 Å². The SMILES string of the molecule is CN(C)CCN(C)C(=O)Nc1cnn(CC(=O)O)c1. The first-order valence-corrected chi connectivity index (χ1v) is 5.79. The number of carbonyl (C=O) groups excluding carboxylic acids is 1. The van der Waals surface area contributed by atoms with E-state index in [0.717, 1.165) is 6.54 Å². The maximum Gasteiger partial charge on any atom is 0.325 e. The fourth-order valence-electron chi connectivity index (χ4n) is 1.32. The van der Waals surface area contributed by atoms with Crippen LogP contribution in [0.4, 0.5) is 10.5 Å². The van der Waals surface area contributed by atoms with E-state index >= 15 is 0 Å². The second-order valence-corrected chi connectivity index (χ2v) is 4.48. The lowest BCUT2D eigenvalue weighted by Gasteiger charge is -2.19. The smallest absolute Gasteiger partial charge is 0.325 e. The van der Waals surface area contributed by atoms with Crippen molar-refractivity contribution >= 4 is 17.7 Å². The third-order valence-electron chi connectivity index (χ3n) is 2.41. The van der Waals surface area contributed by atoms with E-state index in [1.165, 1.54) is 17.1 Å². The quantitative estimate of drug-likeness (QED) is 0.758. The van der Waals surface area contributed by atoms with Gasteiger partial charge in [0.2, 0.25) is 0 Å². The molecule has 0 aromatic carbocycles. The van der Waals surface area contributed by atoms with Crippen LogP contribution in [0, 0.1) is 0 Å². The van der Waals surface area contributed by atoms with Crippen LogP contribution >= 0.6 is 0 Å². The van der Waals surface area contributed by atoms with Gasteiger partial charge in [-0.05, 0) is 14.1 Å². The van der Waals surface area contributed by atoms with Gasteiger partial charge in [0.05, 0.1) is 11.9 Å². The lowest BCUT2D eigenvalue weighted by atomic mass is 10.5. The minimum Gasteiger partial charge on any atom is -0.480 e. The molecular formula is C11H19N5O3. The molecule has 2 N–H and O–H groups in total. The van der Waals surface area contributed by atoms with E-state index < -0.39 is 5.97 Å². The van der Waals surface area contributed by atoms with E-state index in [2.05, 4.69) is 10.4 Å². The number of carbonyl (C=O) groups is 2. The molecule has 0 radical (unpaired) electrons. The second kappa shape index (κ2) is 6.74. The van der Waals surface area contributed by atoms with Crippen molar-refractivity contribution < 1.29 is 14.7 Å². The predicted molar refractivity (Wildman–Crippen MR) is 70.1 cm³/mol. The first-order valence-electron chi connectivity index (χ1n) is 5.79. The van der Waals surface area contributed by atoms with Gasteiger partial charge in [0.25, 0.3) is 0 Å². The summed E-state index contributed by atoms with van der Waals surface area (Å²) in [6.07, 6.45) is 2.90. The molecule has 19 heavy (non-hydrogen) atoms. The number of likely N-dealkylation sites (N-methyl/N-ethyl adjacent to an activating group) is 2. The number of carboxylic acid groups (broad SMARTS) is 1. The summed E-state index contributed by atoms with van der Waals surface area (Å²) in [4.78, 5) is 25.8. The summed E-state index contributed by atoms with van der Waals surface area (Å²) in [7, 11) is 5.56. The molecule has 0 bridgehead atoms. The highest BCUT2D eigenvalue weighted by atomic mass is 16.4. The van der Waals surface area contributed by atoms with Crippen molar-refractivity contribution in [1.82, 2.24) is 19.6 Å². The molecule has 8 heteroatoms. The Morgan fingerprint density at radius 3 is 2.63 bits per heavy atom. The standard InChI is InChI=1S/C11H19N5O3/c1-14(2)4-5-15(3)11(19)13-9-6-12-16(7-9)8-10(17)18/h6-7H,4-5,8H2,1-3H3,(H,13,19)(H,17,18). The summed E-state index contributed by atoms with van der Waals surface area (Å²) < 4.78 is 1.25. The minimum atomic E-state index is -0.982. The van der Waals surface area contributed by atoms with E-state index in [9.17, 15) is 9.59 Å². The number of nitrogens with zero attached hydrogens (tertiary/aromatic N) is 4. The van der Waals surface area contributed by atoms with Gasteiger partial charge < -0.3 is 20.2 Å². The summed E-state index contributed by atoms with van der Waals surface area (Å²) in [5.74, 6) is -0.982. The highest BCUT2D eigenvalue weighted by Crippen LogP contribution is 2.05. The van der Waals surface area contributed by atoms with Crippen LogP contribution in [0.1, 0.15) is 0 Å². The van der Waals surface area contributed by atoms with Crippen LogP contribution in [-0.4, -0.2) is 70.9 Å². The first kappa shape index (κ1) is 15.0. The summed E-state index contributed by atoms with van der Waals surface area (Å²) in [5.41, 5.74) is 0.475. The Bertz CT molecular complexity index is 443. The average Bonchev–Trinajstić information content (AvgIpc) is 2.72. The molecule has 1 rings (SSSR count). The number of urea groups is 1. The Hall–Kier alpha value is -2.09. The van der Waals surface area contributed by atoms with Crippen LogP contribution in [0.15, 0.2) is 12.4 Å². The first-order chi connectivity index (χ1) is 8.88. The van der Waals surface area contributed by atoms with Gasteiger partial charge >= 0.3 is 12.0 Å². The summed E-state index contributed by atoms with van der Waals surface area (Å²) in [6.45, 7) is 1.14. The van der Waals surface area contributed by atoms with Crippen LogP contribution in [0.25, 0.3) is 0 Å². The van der Waals surface area contributed by atoms with Crippen molar-refractivity contribution in [3.8, 4) is 0 Å². The van der Waals surface area contributed by atoms with Crippen molar-refractivity contribution in [3.63, 3.8) is 0 Å². The van der Waals surface area contributed by atoms with Gasteiger partial charge in [0, 0.05) is 26.3 Å². The summed E-state index contributed by atoms with van der Waals surface area (Å²) >= 11 is 0. The molecule has 0 aliphatic heterocycles. The Labute approximate surface area is 111 Å². The van der Waals surface area contributed by atoms with Gasteiger partial charge in [0.15, 0.2) is 0 Å². The number of hydrogen-bond acceptors (Lipinski definition) is 4. The Kier molecular flexibility index (Phi) is 5.31. The molecule has 0 aliphatic rings. The molecule has 0 unspecified atom stereocenters.